The molecule has 1 saturated carbocycles. The maximum Gasteiger partial charge on any atom is 0.0454 e. The highest BCUT2D eigenvalue weighted by Crippen LogP contribution is 2.40. The smallest absolute Gasteiger partial charge is 0.0454 e. The molecule has 1 aliphatic carbocycles. The quantitative estimate of drug-likeness (QED) is 0.834. The van der Waals surface area contributed by atoms with Gasteiger partial charge < -0.3 is 5.73 Å². The van der Waals surface area contributed by atoms with Crippen LogP contribution in [0.2, 0.25) is 10.0 Å². The number of nitrogens with two attached hydrogens (primary N) is 1. The molecule has 1 fully saturated rings. The van der Waals surface area contributed by atoms with Crippen LogP contribution in [-0.2, 0) is 0 Å². The summed E-state index contributed by atoms with van der Waals surface area (Å²) in [5.41, 5.74) is 7.31. The lowest BCUT2D eigenvalue weighted by Gasteiger charge is -2.24. The second-order valence-corrected chi connectivity index (χ2v) is 5.61. The van der Waals surface area contributed by atoms with Crippen LogP contribution in [0.15, 0.2) is 18.2 Å². The molecule has 0 bridgehead atoms. The van der Waals surface area contributed by atoms with E-state index >= 15 is 0 Å². The van der Waals surface area contributed by atoms with Crippen LogP contribution < -0.4 is 5.73 Å². The average molecular weight is 258 g/mol. The SMILES string of the molecule is CC1CCCC1C(N)c1cc(Cl)ccc1Cl. The van der Waals surface area contributed by atoms with E-state index in [9.17, 15) is 0 Å². The van der Waals surface area contributed by atoms with Crippen LogP contribution in [0.3, 0.4) is 0 Å². The van der Waals surface area contributed by atoms with Gasteiger partial charge in [-0.25, -0.2) is 0 Å². The summed E-state index contributed by atoms with van der Waals surface area (Å²) in [5, 5.41) is 1.44. The highest BCUT2D eigenvalue weighted by Gasteiger charge is 2.30. The van der Waals surface area contributed by atoms with Gasteiger partial charge in [-0.15, -0.1) is 0 Å². The van der Waals surface area contributed by atoms with Gasteiger partial charge in [0.1, 0.15) is 0 Å². The Morgan fingerprint density at radius 2 is 2.06 bits per heavy atom. The standard InChI is InChI=1S/C13H17Cl2N/c1-8-3-2-4-10(8)13(16)11-7-9(14)5-6-12(11)15/h5-8,10,13H,2-4,16H2,1H3. The van der Waals surface area contributed by atoms with E-state index in [2.05, 4.69) is 6.92 Å². The third-order valence-corrected chi connectivity index (χ3v) is 4.29. The summed E-state index contributed by atoms with van der Waals surface area (Å²) >= 11 is 12.2. The average Bonchev–Trinajstić information content (AvgIpc) is 2.67. The summed E-state index contributed by atoms with van der Waals surface area (Å²) in [6.07, 6.45) is 3.75. The Bertz CT molecular complexity index is 378. The minimum atomic E-state index is 0.0173. The van der Waals surface area contributed by atoms with E-state index in [1.165, 1.54) is 19.3 Å². The first-order valence-corrected chi connectivity index (χ1v) is 6.55. The highest BCUT2D eigenvalue weighted by atomic mass is 35.5. The van der Waals surface area contributed by atoms with Gasteiger partial charge in [0.25, 0.3) is 0 Å². The van der Waals surface area contributed by atoms with Crippen molar-refractivity contribution >= 4 is 23.2 Å². The molecular formula is C13H17Cl2N. The lowest BCUT2D eigenvalue weighted by molar-refractivity contribution is 0.351. The fourth-order valence-electron chi connectivity index (χ4n) is 2.71. The Morgan fingerprint density at radius 1 is 1.31 bits per heavy atom. The van der Waals surface area contributed by atoms with Crippen molar-refractivity contribution in [1.82, 2.24) is 0 Å². The molecule has 88 valence electrons. The van der Waals surface area contributed by atoms with Gasteiger partial charge in [0.05, 0.1) is 0 Å². The minimum absolute atomic E-state index is 0.0173. The molecule has 0 amide bonds. The van der Waals surface area contributed by atoms with E-state index in [0.29, 0.717) is 16.9 Å². The van der Waals surface area contributed by atoms with Crippen molar-refractivity contribution in [2.45, 2.75) is 32.2 Å². The summed E-state index contributed by atoms with van der Waals surface area (Å²) in [6.45, 7) is 2.27. The van der Waals surface area contributed by atoms with Crippen molar-refractivity contribution < 1.29 is 0 Å². The fraction of sp³-hybridized carbons (Fsp3) is 0.538. The zero-order chi connectivity index (χ0) is 11.7. The molecule has 0 spiro atoms. The maximum absolute atomic E-state index is 6.32. The van der Waals surface area contributed by atoms with Gasteiger partial charge in [-0.3, -0.25) is 0 Å². The zero-order valence-corrected chi connectivity index (χ0v) is 10.9. The van der Waals surface area contributed by atoms with Crippen LogP contribution in [0.25, 0.3) is 0 Å². The van der Waals surface area contributed by atoms with Crippen LogP contribution in [0.1, 0.15) is 37.8 Å². The van der Waals surface area contributed by atoms with Gasteiger partial charge >= 0.3 is 0 Å². The third-order valence-electron chi connectivity index (χ3n) is 3.71. The number of benzene rings is 1. The van der Waals surface area contributed by atoms with E-state index in [1.54, 1.807) is 6.07 Å². The number of halogens is 2. The Morgan fingerprint density at radius 3 is 2.69 bits per heavy atom. The lowest BCUT2D eigenvalue weighted by Crippen LogP contribution is -2.23. The van der Waals surface area contributed by atoms with Crippen molar-refractivity contribution in [1.29, 1.82) is 0 Å². The second kappa shape index (κ2) is 4.95. The number of rotatable bonds is 2. The van der Waals surface area contributed by atoms with Crippen molar-refractivity contribution in [3.05, 3.63) is 33.8 Å². The predicted molar refractivity (Wildman–Crippen MR) is 69.9 cm³/mol. The molecule has 0 radical (unpaired) electrons. The Labute approximate surface area is 107 Å². The number of hydrogen-bond donors (Lipinski definition) is 1. The third kappa shape index (κ3) is 2.37. The molecule has 0 aromatic heterocycles. The molecule has 0 aliphatic heterocycles. The van der Waals surface area contributed by atoms with E-state index in [0.717, 1.165) is 10.6 Å². The van der Waals surface area contributed by atoms with Gasteiger partial charge in [-0.2, -0.15) is 0 Å². The molecule has 2 rings (SSSR count). The molecule has 1 aromatic rings. The zero-order valence-electron chi connectivity index (χ0n) is 9.42. The molecule has 2 N–H and O–H groups in total. The Balaban J connectivity index is 2.25. The van der Waals surface area contributed by atoms with Crippen molar-refractivity contribution in [3.8, 4) is 0 Å². The Hall–Kier alpha value is -0.240. The molecule has 1 aliphatic rings. The van der Waals surface area contributed by atoms with Gasteiger partial charge in [-0.1, -0.05) is 43.0 Å². The predicted octanol–water partition coefficient (Wildman–Crippen LogP) is 4.43. The molecule has 16 heavy (non-hydrogen) atoms. The first-order valence-electron chi connectivity index (χ1n) is 5.80. The van der Waals surface area contributed by atoms with Gasteiger partial charge in [0.15, 0.2) is 0 Å². The summed E-state index contributed by atoms with van der Waals surface area (Å²) in [6, 6.07) is 5.56. The summed E-state index contributed by atoms with van der Waals surface area (Å²) in [5.74, 6) is 1.22. The van der Waals surface area contributed by atoms with Crippen LogP contribution >= 0.6 is 23.2 Å². The molecule has 1 aromatic carbocycles. The molecule has 3 unspecified atom stereocenters. The van der Waals surface area contributed by atoms with Gasteiger partial charge in [0, 0.05) is 16.1 Å². The van der Waals surface area contributed by atoms with E-state index in [4.69, 9.17) is 28.9 Å². The topological polar surface area (TPSA) is 26.0 Å². The minimum Gasteiger partial charge on any atom is -0.324 e. The fourth-order valence-corrected chi connectivity index (χ4v) is 3.13. The maximum atomic E-state index is 6.32. The van der Waals surface area contributed by atoms with Crippen LogP contribution in [-0.4, -0.2) is 0 Å². The second-order valence-electron chi connectivity index (χ2n) is 4.76. The molecule has 3 heteroatoms. The molecule has 1 nitrogen and oxygen atoms in total. The van der Waals surface area contributed by atoms with Crippen LogP contribution in [0.4, 0.5) is 0 Å². The molecule has 0 saturated heterocycles. The monoisotopic (exact) mass is 257 g/mol. The highest BCUT2D eigenvalue weighted by molar-refractivity contribution is 6.33. The van der Waals surface area contributed by atoms with E-state index in [1.807, 2.05) is 12.1 Å². The normalized spacial score (nSPS) is 27.0. The first-order chi connectivity index (χ1) is 7.59. The largest absolute Gasteiger partial charge is 0.324 e. The lowest BCUT2D eigenvalue weighted by atomic mass is 9.86. The van der Waals surface area contributed by atoms with Gasteiger partial charge in [0.2, 0.25) is 0 Å². The summed E-state index contributed by atoms with van der Waals surface area (Å²) < 4.78 is 0. The molecule has 0 heterocycles. The van der Waals surface area contributed by atoms with Crippen LogP contribution in [0.5, 0.6) is 0 Å². The van der Waals surface area contributed by atoms with Crippen LogP contribution in [0, 0.1) is 11.8 Å². The van der Waals surface area contributed by atoms with Crippen molar-refractivity contribution in [2.75, 3.05) is 0 Å². The number of hydrogen-bond acceptors (Lipinski definition) is 1. The van der Waals surface area contributed by atoms with Crippen molar-refractivity contribution in [2.24, 2.45) is 17.6 Å². The summed E-state index contributed by atoms with van der Waals surface area (Å²) in [7, 11) is 0. The first kappa shape index (κ1) is 12.2. The van der Waals surface area contributed by atoms with E-state index in [-0.39, 0.29) is 6.04 Å². The Kier molecular flexibility index (Phi) is 3.78. The molecular weight excluding hydrogens is 241 g/mol. The van der Waals surface area contributed by atoms with E-state index < -0.39 is 0 Å². The van der Waals surface area contributed by atoms with Crippen molar-refractivity contribution in [3.63, 3.8) is 0 Å². The molecule has 3 atom stereocenters. The van der Waals surface area contributed by atoms with Gasteiger partial charge in [-0.05, 0) is 42.0 Å². The summed E-state index contributed by atoms with van der Waals surface area (Å²) in [4.78, 5) is 0.